The van der Waals surface area contributed by atoms with E-state index in [1.165, 1.54) is 73.6 Å². The van der Waals surface area contributed by atoms with Crippen molar-refractivity contribution in [1.29, 1.82) is 0 Å². The highest BCUT2D eigenvalue weighted by Gasteiger charge is 2.36. The summed E-state index contributed by atoms with van der Waals surface area (Å²) in [4.78, 5) is 0. The smallest absolute Gasteiger partial charge is 0.0348 e. The van der Waals surface area contributed by atoms with Crippen LogP contribution in [-0.2, 0) is 25.7 Å². The Balaban J connectivity index is 1.48. The van der Waals surface area contributed by atoms with E-state index in [0.717, 1.165) is 0 Å². The first kappa shape index (κ1) is 20.3. The average Bonchev–Trinajstić information content (AvgIpc) is 2.91. The zero-order chi connectivity index (χ0) is 22.5. The van der Waals surface area contributed by atoms with Crippen LogP contribution in [0.1, 0.15) is 93.2 Å². The van der Waals surface area contributed by atoms with Gasteiger partial charge in [-0.05, 0) is 107 Å². The van der Waals surface area contributed by atoms with Gasteiger partial charge < -0.3 is 0 Å². The molecule has 0 fully saturated rings. The van der Waals surface area contributed by atoms with Crippen molar-refractivity contribution in [3.8, 4) is 0 Å². The number of rotatable bonds is 2. The minimum absolute atomic E-state index is 0.330. The molecule has 0 heterocycles. The minimum atomic E-state index is 0.330. The summed E-state index contributed by atoms with van der Waals surface area (Å²) in [5.74, 6) is 0.660. The highest BCUT2D eigenvalue weighted by Crippen LogP contribution is 2.51. The van der Waals surface area contributed by atoms with Crippen LogP contribution < -0.4 is 0 Å². The molecule has 0 N–H and O–H groups in total. The Morgan fingerprint density at radius 1 is 0.353 bits per heavy atom. The Labute approximate surface area is 203 Å². The molecule has 0 unspecified atom stereocenters. The van der Waals surface area contributed by atoms with Crippen molar-refractivity contribution >= 4 is 0 Å². The van der Waals surface area contributed by atoms with Crippen LogP contribution in [0.5, 0.6) is 0 Å². The number of hydrogen-bond donors (Lipinski definition) is 0. The van der Waals surface area contributed by atoms with E-state index in [4.69, 9.17) is 0 Å². The van der Waals surface area contributed by atoms with Gasteiger partial charge in [0.2, 0.25) is 0 Å². The molecule has 0 nitrogen and oxygen atoms in total. The number of hydrogen-bond acceptors (Lipinski definition) is 0. The predicted octanol–water partition coefficient (Wildman–Crippen LogP) is 8.12. The van der Waals surface area contributed by atoms with E-state index in [1.54, 1.807) is 33.4 Å². The van der Waals surface area contributed by atoms with Crippen molar-refractivity contribution in [2.45, 2.75) is 63.2 Å². The normalized spacial score (nSPS) is 20.6. The van der Waals surface area contributed by atoms with E-state index in [2.05, 4.69) is 84.9 Å². The molecule has 0 atom stereocenters. The van der Waals surface area contributed by atoms with Gasteiger partial charge in [-0.2, -0.15) is 0 Å². The summed E-state index contributed by atoms with van der Waals surface area (Å²) in [6.45, 7) is 0. The van der Waals surface area contributed by atoms with Crippen LogP contribution in [0.3, 0.4) is 0 Å². The van der Waals surface area contributed by atoms with Crippen LogP contribution in [0.25, 0.3) is 0 Å². The zero-order valence-corrected chi connectivity index (χ0v) is 19.9. The number of aryl methyl sites for hydroxylation is 2. The Hall–Kier alpha value is -3.12. The van der Waals surface area contributed by atoms with Gasteiger partial charge in [-0.15, -0.1) is 0 Å². The summed E-state index contributed by atoms with van der Waals surface area (Å²) in [6, 6.07) is 32.9. The lowest BCUT2D eigenvalue weighted by Gasteiger charge is -2.37. The van der Waals surface area contributed by atoms with Crippen LogP contribution in [-0.4, -0.2) is 0 Å². The van der Waals surface area contributed by atoms with Crippen LogP contribution >= 0.6 is 0 Å². The lowest BCUT2D eigenvalue weighted by molar-refractivity contribution is 0.668. The summed E-state index contributed by atoms with van der Waals surface area (Å²) < 4.78 is 0. The molecule has 0 aliphatic heterocycles. The van der Waals surface area contributed by atoms with Crippen LogP contribution in [0.2, 0.25) is 0 Å². The van der Waals surface area contributed by atoms with Crippen LogP contribution in [0, 0.1) is 0 Å². The molecule has 0 amide bonds. The van der Waals surface area contributed by atoms with E-state index in [-0.39, 0.29) is 0 Å². The first-order valence-electron chi connectivity index (χ1n) is 13.3. The minimum Gasteiger partial charge on any atom is -0.0619 e. The van der Waals surface area contributed by atoms with E-state index >= 15 is 0 Å². The van der Waals surface area contributed by atoms with Crippen LogP contribution in [0.15, 0.2) is 84.9 Å². The Bertz CT molecular complexity index is 1220. The van der Waals surface area contributed by atoms with Crippen molar-refractivity contribution in [2.75, 3.05) is 0 Å². The van der Waals surface area contributed by atoms with Crippen molar-refractivity contribution < 1.29 is 0 Å². The molecule has 168 valence electrons. The second-order valence-corrected chi connectivity index (χ2v) is 10.5. The fourth-order valence-electron chi connectivity index (χ4n) is 7.24. The number of fused-ring (bicyclic) bond motifs is 4. The van der Waals surface area contributed by atoms with Gasteiger partial charge in [-0.1, -0.05) is 84.9 Å². The maximum atomic E-state index is 2.42. The average molecular weight is 441 g/mol. The second-order valence-electron chi connectivity index (χ2n) is 10.5. The molecule has 4 aromatic rings. The van der Waals surface area contributed by atoms with Gasteiger partial charge >= 0.3 is 0 Å². The summed E-state index contributed by atoms with van der Waals surface area (Å²) in [5.41, 5.74) is 15.6. The van der Waals surface area contributed by atoms with Crippen molar-refractivity contribution in [1.82, 2.24) is 0 Å². The lowest BCUT2D eigenvalue weighted by Crippen LogP contribution is -2.23. The zero-order valence-electron chi connectivity index (χ0n) is 19.9. The summed E-state index contributed by atoms with van der Waals surface area (Å²) >= 11 is 0. The van der Waals surface area contributed by atoms with E-state index in [9.17, 15) is 0 Å². The SMILES string of the molecule is c1ccc2c(c1)C(c1cccc3c1CCCC3)c1ccccc1C2c1cccc2c1CCCC2. The van der Waals surface area contributed by atoms with E-state index < -0.39 is 0 Å². The van der Waals surface area contributed by atoms with Gasteiger partial charge in [0.25, 0.3) is 0 Å². The third-order valence-electron chi connectivity index (χ3n) is 8.72. The maximum absolute atomic E-state index is 2.42. The first-order valence-corrected chi connectivity index (χ1v) is 13.3. The van der Waals surface area contributed by atoms with Gasteiger partial charge in [0.1, 0.15) is 0 Å². The van der Waals surface area contributed by atoms with Gasteiger partial charge in [-0.3, -0.25) is 0 Å². The summed E-state index contributed by atoms with van der Waals surface area (Å²) in [7, 11) is 0. The molecule has 3 aliphatic rings. The fraction of sp³-hybridized carbons (Fsp3) is 0.294. The first-order chi connectivity index (χ1) is 16.9. The van der Waals surface area contributed by atoms with Crippen LogP contribution in [0.4, 0.5) is 0 Å². The third-order valence-corrected chi connectivity index (χ3v) is 8.72. The Morgan fingerprint density at radius 3 is 1.12 bits per heavy atom. The van der Waals surface area contributed by atoms with Crippen molar-refractivity contribution in [2.24, 2.45) is 0 Å². The molecule has 7 rings (SSSR count). The topological polar surface area (TPSA) is 0 Å². The summed E-state index contributed by atoms with van der Waals surface area (Å²) in [6.07, 6.45) is 10.2. The molecular formula is C34H32. The van der Waals surface area contributed by atoms with Gasteiger partial charge in [-0.25, -0.2) is 0 Å². The molecule has 0 saturated carbocycles. The molecule has 0 radical (unpaired) electrons. The number of benzene rings is 4. The second kappa shape index (κ2) is 8.27. The molecule has 0 aromatic heterocycles. The standard InChI is InChI=1S/C34H32/c1-3-15-25-23(11-1)13-9-21-27(25)33-29-17-5-7-19-31(29)34(32-20-8-6-18-30(32)33)28-22-10-14-24-12-2-4-16-26(24)28/h5-10,13-14,17-22,33-34H,1-4,11-12,15-16H2. The molecule has 0 heteroatoms. The van der Waals surface area contributed by atoms with Crippen molar-refractivity contribution in [3.05, 3.63) is 141 Å². The predicted molar refractivity (Wildman–Crippen MR) is 141 cm³/mol. The van der Waals surface area contributed by atoms with Crippen molar-refractivity contribution in [3.63, 3.8) is 0 Å². The monoisotopic (exact) mass is 440 g/mol. The van der Waals surface area contributed by atoms with Gasteiger partial charge in [0.05, 0.1) is 0 Å². The Morgan fingerprint density at radius 2 is 0.706 bits per heavy atom. The van der Waals surface area contributed by atoms with Gasteiger partial charge in [0, 0.05) is 11.8 Å². The summed E-state index contributed by atoms with van der Waals surface area (Å²) in [5, 5.41) is 0. The Kier molecular flexibility index (Phi) is 4.93. The highest BCUT2D eigenvalue weighted by atomic mass is 14.4. The highest BCUT2D eigenvalue weighted by molar-refractivity contribution is 5.63. The molecule has 4 aromatic carbocycles. The lowest BCUT2D eigenvalue weighted by atomic mass is 9.66. The maximum Gasteiger partial charge on any atom is 0.0348 e. The van der Waals surface area contributed by atoms with E-state index in [1.807, 2.05) is 0 Å². The molecule has 0 spiro atoms. The molecule has 0 bridgehead atoms. The largest absolute Gasteiger partial charge is 0.0619 e. The molecule has 34 heavy (non-hydrogen) atoms. The van der Waals surface area contributed by atoms with Gasteiger partial charge in [0.15, 0.2) is 0 Å². The third kappa shape index (κ3) is 3.12. The molecule has 3 aliphatic carbocycles. The quantitative estimate of drug-likeness (QED) is 0.260. The molecular weight excluding hydrogens is 408 g/mol. The fourth-order valence-corrected chi connectivity index (χ4v) is 7.24. The molecule has 0 saturated heterocycles. The van der Waals surface area contributed by atoms with E-state index in [0.29, 0.717) is 11.8 Å².